The third-order valence-corrected chi connectivity index (χ3v) is 10.2. The largest absolute Gasteiger partial charge is 0.497 e. The van der Waals surface area contributed by atoms with Gasteiger partial charge in [-0.1, -0.05) is 15.9 Å². The van der Waals surface area contributed by atoms with Gasteiger partial charge in [0.05, 0.1) is 39.5 Å². The number of nitrogens with zero attached hydrogens (tertiary/aromatic N) is 3. The van der Waals surface area contributed by atoms with E-state index in [9.17, 15) is 0 Å². The highest BCUT2D eigenvalue weighted by Crippen LogP contribution is 2.43. The molecule has 0 unspecified atom stereocenters. The van der Waals surface area contributed by atoms with Gasteiger partial charge in [0.25, 0.3) is 0 Å². The highest BCUT2D eigenvalue weighted by Gasteiger charge is 2.20. The van der Waals surface area contributed by atoms with E-state index in [1.807, 2.05) is 48.5 Å². The average molecular weight is 777 g/mol. The van der Waals surface area contributed by atoms with Crippen molar-refractivity contribution in [3.8, 4) is 28.7 Å². The lowest BCUT2D eigenvalue weighted by Gasteiger charge is -2.26. The minimum absolute atomic E-state index is 0.798. The van der Waals surface area contributed by atoms with Crippen molar-refractivity contribution in [3.05, 3.63) is 162 Å². The van der Waals surface area contributed by atoms with Crippen molar-refractivity contribution in [2.75, 3.05) is 38.2 Å². The van der Waals surface area contributed by atoms with Gasteiger partial charge in [0.1, 0.15) is 23.0 Å². The number of benzene rings is 7. The van der Waals surface area contributed by atoms with E-state index in [2.05, 4.69) is 139 Å². The second-order valence-corrected chi connectivity index (χ2v) is 13.6. The van der Waals surface area contributed by atoms with Gasteiger partial charge >= 0.3 is 0 Å². The van der Waals surface area contributed by atoms with E-state index >= 15 is 0 Å². The fourth-order valence-corrected chi connectivity index (χ4v) is 7.23. The second kappa shape index (κ2) is 14.9. The van der Waals surface area contributed by atoms with Gasteiger partial charge in [0.15, 0.2) is 0 Å². The molecule has 0 radical (unpaired) electrons. The molecule has 7 aromatic carbocycles. The molecule has 0 N–H and O–H groups in total. The molecule has 0 atom stereocenters. The third kappa shape index (κ3) is 6.57. The summed E-state index contributed by atoms with van der Waals surface area (Å²) in [5.74, 6) is 3.19. The first-order valence-corrected chi connectivity index (χ1v) is 18.3. The molecular formula is C46H38BrN3O4. The standard InChI is InChI=1S/C46H38BrN3O4/c1-51-39-19-9-32(10-20-39)48(33-11-21-40(52-2)22-12-33)37-17-27-45-43(29-37)44-30-38(18-28-46(44)50(45)36-7-5-31(47)6-8-36)49(34-13-23-41(53-3)24-14-34)35-15-25-42(54-4)26-16-35/h5-30H,1-4H3. The molecule has 8 rings (SSSR count). The molecule has 268 valence electrons. The Labute approximate surface area is 323 Å². The van der Waals surface area contributed by atoms with Crippen LogP contribution in [0.5, 0.6) is 23.0 Å². The van der Waals surface area contributed by atoms with Crippen molar-refractivity contribution in [3.63, 3.8) is 0 Å². The van der Waals surface area contributed by atoms with Gasteiger partial charge in [-0.3, -0.25) is 0 Å². The molecule has 0 spiro atoms. The molecule has 0 aliphatic rings. The summed E-state index contributed by atoms with van der Waals surface area (Å²) < 4.78 is 25.4. The van der Waals surface area contributed by atoms with Crippen LogP contribution in [0.4, 0.5) is 34.1 Å². The third-order valence-electron chi connectivity index (χ3n) is 9.66. The summed E-state index contributed by atoms with van der Waals surface area (Å²) in [6, 6.07) is 54.4. The van der Waals surface area contributed by atoms with Gasteiger partial charge < -0.3 is 33.3 Å². The first-order chi connectivity index (χ1) is 26.5. The molecule has 8 aromatic rings. The number of halogens is 1. The van der Waals surface area contributed by atoms with E-state index in [1.165, 1.54) is 0 Å². The Bertz CT molecular complexity index is 2280. The van der Waals surface area contributed by atoms with Crippen molar-refractivity contribution in [2.45, 2.75) is 0 Å². The van der Waals surface area contributed by atoms with E-state index in [0.717, 1.165) is 89.1 Å². The van der Waals surface area contributed by atoms with E-state index in [-0.39, 0.29) is 0 Å². The van der Waals surface area contributed by atoms with Crippen molar-refractivity contribution in [1.82, 2.24) is 4.57 Å². The SMILES string of the molecule is COc1ccc(N(c2ccc(OC)cc2)c2ccc3c(c2)c2cc(N(c4ccc(OC)cc4)c4ccc(OC)cc4)ccc2n3-c2ccc(Br)cc2)cc1. The number of anilines is 6. The van der Waals surface area contributed by atoms with Crippen LogP contribution in [0.25, 0.3) is 27.5 Å². The molecule has 1 aromatic heterocycles. The number of hydrogen-bond acceptors (Lipinski definition) is 6. The summed E-state index contributed by atoms with van der Waals surface area (Å²) in [6.07, 6.45) is 0. The normalized spacial score (nSPS) is 11.1. The molecule has 0 aliphatic carbocycles. The van der Waals surface area contributed by atoms with Crippen molar-refractivity contribution >= 4 is 71.9 Å². The lowest BCUT2D eigenvalue weighted by molar-refractivity contribution is 0.414. The van der Waals surface area contributed by atoms with Crippen molar-refractivity contribution < 1.29 is 18.9 Å². The molecule has 0 aliphatic heterocycles. The molecule has 54 heavy (non-hydrogen) atoms. The number of aromatic nitrogens is 1. The molecule has 0 bridgehead atoms. The van der Waals surface area contributed by atoms with Crippen LogP contribution in [0.1, 0.15) is 0 Å². The molecule has 0 fully saturated rings. The summed E-state index contributed by atoms with van der Waals surface area (Å²) in [5, 5.41) is 2.23. The highest BCUT2D eigenvalue weighted by atomic mass is 79.9. The fraction of sp³-hybridized carbons (Fsp3) is 0.0870. The minimum Gasteiger partial charge on any atom is -0.497 e. The summed E-state index contributed by atoms with van der Waals surface area (Å²) in [5.41, 5.74) is 9.30. The number of methoxy groups -OCH3 is 4. The van der Waals surface area contributed by atoms with E-state index in [0.29, 0.717) is 0 Å². The smallest absolute Gasteiger partial charge is 0.119 e. The van der Waals surface area contributed by atoms with E-state index in [1.54, 1.807) is 28.4 Å². The molecule has 7 nitrogen and oxygen atoms in total. The quantitative estimate of drug-likeness (QED) is 0.130. The maximum atomic E-state index is 5.51. The van der Waals surface area contributed by atoms with Crippen molar-refractivity contribution in [2.24, 2.45) is 0 Å². The topological polar surface area (TPSA) is 48.3 Å². The van der Waals surface area contributed by atoms with Crippen LogP contribution in [0, 0.1) is 0 Å². The van der Waals surface area contributed by atoms with Crippen LogP contribution in [-0.2, 0) is 0 Å². The van der Waals surface area contributed by atoms with Gasteiger partial charge in [0.2, 0.25) is 0 Å². The Morgan fingerprint density at radius 2 is 0.667 bits per heavy atom. The molecule has 8 heteroatoms. The Kier molecular flexibility index (Phi) is 9.59. The van der Waals surface area contributed by atoms with Crippen LogP contribution in [0.2, 0.25) is 0 Å². The molecule has 1 heterocycles. The maximum absolute atomic E-state index is 5.51. The average Bonchev–Trinajstić information content (AvgIpc) is 3.55. The molecular weight excluding hydrogens is 738 g/mol. The molecule has 0 amide bonds. The highest BCUT2D eigenvalue weighted by molar-refractivity contribution is 9.10. The van der Waals surface area contributed by atoms with Crippen LogP contribution >= 0.6 is 15.9 Å². The summed E-state index contributed by atoms with van der Waals surface area (Å²) in [4.78, 5) is 4.51. The molecule has 0 saturated carbocycles. The van der Waals surface area contributed by atoms with Gasteiger partial charge in [-0.05, 0) is 158 Å². The summed E-state index contributed by atoms with van der Waals surface area (Å²) >= 11 is 3.63. The predicted molar refractivity (Wildman–Crippen MR) is 224 cm³/mol. The fourth-order valence-electron chi connectivity index (χ4n) is 6.97. The summed E-state index contributed by atoms with van der Waals surface area (Å²) in [6.45, 7) is 0. The van der Waals surface area contributed by atoms with Crippen LogP contribution in [0.3, 0.4) is 0 Å². The minimum atomic E-state index is 0.798. The first kappa shape index (κ1) is 34.7. The van der Waals surface area contributed by atoms with Crippen LogP contribution < -0.4 is 28.7 Å². The Morgan fingerprint density at radius 1 is 0.370 bits per heavy atom. The van der Waals surface area contributed by atoms with Gasteiger partial charge in [-0.25, -0.2) is 0 Å². The summed E-state index contributed by atoms with van der Waals surface area (Å²) in [7, 11) is 6.74. The van der Waals surface area contributed by atoms with Crippen LogP contribution in [-0.4, -0.2) is 33.0 Å². The van der Waals surface area contributed by atoms with Gasteiger partial charge in [-0.2, -0.15) is 0 Å². The zero-order chi connectivity index (χ0) is 37.2. The lowest BCUT2D eigenvalue weighted by atomic mass is 10.1. The Hall–Kier alpha value is -6.38. The van der Waals surface area contributed by atoms with E-state index in [4.69, 9.17) is 18.9 Å². The number of hydrogen-bond donors (Lipinski definition) is 0. The Balaban J connectivity index is 1.36. The molecule has 0 saturated heterocycles. The van der Waals surface area contributed by atoms with E-state index < -0.39 is 0 Å². The van der Waals surface area contributed by atoms with Crippen molar-refractivity contribution in [1.29, 1.82) is 0 Å². The Morgan fingerprint density at radius 3 is 0.963 bits per heavy atom. The first-order valence-electron chi connectivity index (χ1n) is 17.5. The van der Waals surface area contributed by atoms with Gasteiger partial charge in [0, 0.05) is 55.1 Å². The monoisotopic (exact) mass is 775 g/mol. The van der Waals surface area contributed by atoms with Crippen LogP contribution in [0.15, 0.2) is 162 Å². The van der Waals surface area contributed by atoms with Gasteiger partial charge in [-0.15, -0.1) is 0 Å². The second-order valence-electron chi connectivity index (χ2n) is 12.7. The number of rotatable bonds is 11. The number of ether oxygens (including phenoxy) is 4. The zero-order valence-electron chi connectivity index (χ0n) is 30.4. The predicted octanol–water partition coefficient (Wildman–Crippen LogP) is 12.5. The number of fused-ring (bicyclic) bond motifs is 3. The maximum Gasteiger partial charge on any atom is 0.119 e. The lowest BCUT2D eigenvalue weighted by Crippen LogP contribution is -2.10. The zero-order valence-corrected chi connectivity index (χ0v) is 31.9.